The molecule has 6 heteroatoms. The van der Waals surface area contributed by atoms with Gasteiger partial charge in [0.1, 0.15) is 5.75 Å². The molecule has 1 aromatic carbocycles. The van der Waals surface area contributed by atoms with E-state index in [1.165, 1.54) is 0 Å². The Bertz CT molecular complexity index is 551. The molecule has 0 bridgehead atoms. The molecular formula is C14H19BrN4O. The van der Waals surface area contributed by atoms with Crippen molar-refractivity contribution in [2.24, 2.45) is 12.9 Å². The van der Waals surface area contributed by atoms with E-state index in [4.69, 9.17) is 10.6 Å². The first-order valence-electron chi connectivity index (χ1n) is 6.53. The topological polar surface area (TPSA) is 65.1 Å². The summed E-state index contributed by atoms with van der Waals surface area (Å²) < 4.78 is 8.38. The minimum atomic E-state index is -0.151. The molecule has 5 nitrogen and oxygen atoms in total. The summed E-state index contributed by atoms with van der Waals surface area (Å²) in [7, 11) is 1.89. The fourth-order valence-corrected chi connectivity index (χ4v) is 2.66. The number of hydrogen-bond acceptors (Lipinski definition) is 4. The number of hydrogen-bond donors (Lipinski definition) is 2. The Morgan fingerprint density at radius 3 is 2.90 bits per heavy atom. The number of hydrazine groups is 1. The number of aryl methyl sites for hydroxylation is 1. The van der Waals surface area contributed by atoms with Crippen molar-refractivity contribution in [2.45, 2.75) is 19.4 Å². The summed E-state index contributed by atoms with van der Waals surface area (Å²) in [5.41, 5.74) is 4.84. The van der Waals surface area contributed by atoms with E-state index in [9.17, 15) is 0 Å². The molecule has 1 heterocycles. The van der Waals surface area contributed by atoms with Crippen LogP contribution in [0.1, 0.15) is 30.6 Å². The molecule has 2 rings (SSSR count). The minimum Gasteiger partial charge on any atom is -0.494 e. The van der Waals surface area contributed by atoms with Crippen LogP contribution in [0.3, 0.4) is 0 Å². The predicted molar refractivity (Wildman–Crippen MR) is 82.3 cm³/mol. The van der Waals surface area contributed by atoms with Gasteiger partial charge in [0.2, 0.25) is 0 Å². The summed E-state index contributed by atoms with van der Waals surface area (Å²) in [6.07, 6.45) is 2.74. The van der Waals surface area contributed by atoms with Crippen LogP contribution < -0.4 is 16.0 Å². The van der Waals surface area contributed by atoms with E-state index in [1.54, 1.807) is 10.9 Å². The largest absolute Gasteiger partial charge is 0.494 e. The molecule has 108 valence electrons. The SMILES string of the molecule is CCCOc1cccc(C(NN)c2c(Br)cnn2C)c1. The van der Waals surface area contributed by atoms with Gasteiger partial charge in [0.15, 0.2) is 0 Å². The maximum Gasteiger partial charge on any atom is 0.119 e. The van der Waals surface area contributed by atoms with Crippen molar-refractivity contribution in [3.63, 3.8) is 0 Å². The summed E-state index contributed by atoms with van der Waals surface area (Å²) in [6.45, 7) is 2.79. The van der Waals surface area contributed by atoms with Crippen LogP contribution in [0.25, 0.3) is 0 Å². The number of benzene rings is 1. The second-order valence-electron chi connectivity index (χ2n) is 4.52. The molecule has 0 fully saturated rings. The van der Waals surface area contributed by atoms with Crippen LogP contribution in [0.2, 0.25) is 0 Å². The zero-order valence-corrected chi connectivity index (χ0v) is 13.2. The standard InChI is InChI=1S/C14H19BrN4O/c1-3-7-20-11-6-4-5-10(8-11)13(18-16)14-12(15)9-17-19(14)2/h4-6,8-9,13,18H,3,7,16H2,1-2H3. The zero-order chi connectivity index (χ0) is 14.5. The lowest BCUT2D eigenvalue weighted by Gasteiger charge is -2.18. The average Bonchev–Trinajstić information content (AvgIpc) is 2.79. The van der Waals surface area contributed by atoms with Gasteiger partial charge < -0.3 is 4.74 Å². The first kappa shape index (κ1) is 15.0. The molecule has 0 spiro atoms. The van der Waals surface area contributed by atoms with E-state index in [-0.39, 0.29) is 6.04 Å². The number of nitrogens with zero attached hydrogens (tertiary/aromatic N) is 2. The summed E-state index contributed by atoms with van der Waals surface area (Å²) in [5, 5.41) is 4.23. The Morgan fingerprint density at radius 2 is 2.30 bits per heavy atom. The molecule has 3 N–H and O–H groups in total. The molecular weight excluding hydrogens is 320 g/mol. The second-order valence-corrected chi connectivity index (χ2v) is 5.38. The number of halogens is 1. The number of aromatic nitrogens is 2. The van der Waals surface area contributed by atoms with Crippen molar-refractivity contribution in [1.29, 1.82) is 0 Å². The molecule has 0 saturated carbocycles. The number of nitrogens with one attached hydrogen (secondary N) is 1. The van der Waals surface area contributed by atoms with Crippen LogP contribution in [-0.4, -0.2) is 16.4 Å². The van der Waals surface area contributed by atoms with Crippen molar-refractivity contribution in [3.8, 4) is 5.75 Å². The Kier molecular flexibility index (Phi) is 5.17. The second kappa shape index (κ2) is 6.88. The zero-order valence-electron chi connectivity index (χ0n) is 11.6. The molecule has 1 unspecified atom stereocenters. The maximum atomic E-state index is 5.73. The van der Waals surface area contributed by atoms with Crippen LogP contribution >= 0.6 is 15.9 Å². The van der Waals surface area contributed by atoms with Crippen molar-refractivity contribution < 1.29 is 4.74 Å². The third-order valence-corrected chi connectivity index (χ3v) is 3.65. The normalized spacial score (nSPS) is 12.4. The van der Waals surface area contributed by atoms with Crippen LogP contribution in [0.4, 0.5) is 0 Å². The van der Waals surface area contributed by atoms with E-state index in [0.29, 0.717) is 6.61 Å². The lowest BCUT2D eigenvalue weighted by atomic mass is 10.0. The van der Waals surface area contributed by atoms with Crippen molar-refractivity contribution in [1.82, 2.24) is 15.2 Å². The predicted octanol–water partition coefficient (Wildman–Crippen LogP) is 2.52. The van der Waals surface area contributed by atoms with Gasteiger partial charge in [-0.3, -0.25) is 10.5 Å². The third kappa shape index (κ3) is 3.20. The Labute approximate surface area is 127 Å². The van der Waals surface area contributed by atoms with Gasteiger partial charge in [0.25, 0.3) is 0 Å². The van der Waals surface area contributed by atoms with E-state index in [0.717, 1.165) is 27.9 Å². The Balaban J connectivity index is 2.32. The van der Waals surface area contributed by atoms with Crippen LogP contribution in [0.15, 0.2) is 34.9 Å². The molecule has 1 aromatic heterocycles. The van der Waals surface area contributed by atoms with Crippen LogP contribution in [0.5, 0.6) is 5.75 Å². The first-order valence-corrected chi connectivity index (χ1v) is 7.33. The maximum absolute atomic E-state index is 5.73. The Morgan fingerprint density at radius 1 is 1.50 bits per heavy atom. The molecule has 0 amide bonds. The van der Waals surface area contributed by atoms with Gasteiger partial charge in [0, 0.05) is 7.05 Å². The van der Waals surface area contributed by atoms with Crippen molar-refractivity contribution in [2.75, 3.05) is 6.61 Å². The average molecular weight is 339 g/mol. The molecule has 1 atom stereocenters. The lowest BCUT2D eigenvalue weighted by Crippen LogP contribution is -2.30. The summed E-state index contributed by atoms with van der Waals surface area (Å²) >= 11 is 3.51. The monoisotopic (exact) mass is 338 g/mol. The van der Waals surface area contributed by atoms with Crippen LogP contribution in [0, 0.1) is 0 Å². The van der Waals surface area contributed by atoms with E-state index in [2.05, 4.69) is 33.4 Å². The molecule has 20 heavy (non-hydrogen) atoms. The molecule has 0 aliphatic heterocycles. The highest BCUT2D eigenvalue weighted by Gasteiger charge is 2.19. The van der Waals surface area contributed by atoms with Gasteiger partial charge in [-0.05, 0) is 40.0 Å². The van der Waals surface area contributed by atoms with Gasteiger partial charge in [-0.2, -0.15) is 5.10 Å². The fourth-order valence-electron chi connectivity index (χ4n) is 2.08. The molecule has 0 radical (unpaired) electrons. The number of nitrogens with two attached hydrogens (primary N) is 1. The summed E-state index contributed by atoms with van der Waals surface area (Å²) in [6, 6.07) is 7.78. The number of rotatable bonds is 6. The Hall–Kier alpha value is -1.37. The van der Waals surface area contributed by atoms with E-state index in [1.807, 2.05) is 31.3 Å². The van der Waals surface area contributed by atoms with Gasteiger partial charge in [-0.15, -0.1) is 0 Å². The summed E-state index contributed by atoms with van der Waals surface area (Å²) in [4.78, 5) is 0. The van der Waals surface area contributed by atoms with Gasteiger partial charge >= 0.3 is 0 Å². The van der Waals surface area contributed by atoms with Gasteiger partial charge in [-0.1, -0.05) is 19.1 Å². The molecule has 2 aromatic rings. The highest BCUT2D eigenvalue weighted by molar-refractivity contribution is 9.10. The number of ether oxygens (including phenoxy) is 1. The van der Waals surface area contributed by atoms with Crippen molar-refractivity contribution in [3.05, 3.63) is 46.2 Å². The van der Waals surface area contributed by atoms with E-state index < -0.39 is 0 Å². The highest BCUT2D eigenvalue weighted by Crippen LogP contribution is 2.29. The quantitative estimate of drug-likeness (QED) is 0.627. The summed E-state index contributed by atoms with van der Waals surface area (Å²) in [5.74, 6) is 6.58. The molecule has 0 saturated heterocycles. The smallest absolute Gasteiger partial charge is 0.119 e. The van der Waals surface area contributed by atoms with E-state index >= 15 is 0 Å². The highest BCUT2D eigenvalue weighted by atomic mass is 79.9. The van der Waals surface area contributed by atoms with Crippen molar-refractivity contribution >= 4 is 15.9 Å². The third-order valence-electron chi connectivity index (χ3n) is 3.04. The van der Waals surface area contributed by atoms with Gasteiger partial charge in [-0.25, -0.2) is 5.43 Å². The fraction of sp³-hybridized carbons (Fsp3) is 0.357. The lowest BCUT2D eigenvalue weighted by molar-refractivity contribution is 0.317. The molecule has 0 aliphatic rings. The first-order chi connectivity index (χ1) is 9.67. The molecule has 0 aliphatic carbocycles. The van der Waals surface area contributed by atoms with Gasteiger partial charge in [0.05, 0.1) is 29.0 Å². The van der Waals surface area contributed by atoms with Crippen LogP contribution in [-0.2, 0) is 7.05 Å². The minimum absolute atomic E-state index is 0.151.